The lowest BCUT2D eigenvalue weighted by molar-refractivity contribution is -0.384. The molecule has 1 aliphatic heterocycles. The van der Waals surface area contributed by atoms with E-state index in [1.54, 1.807) is 30.3 Å². The molecule has 0 radical (unpaired) electrons. The van der Waals surface area contributed by atoms with E-state index in [1.165, 1.54) is 19.2 Å². The zero-order valence-electron chi connectivity index (χ0n) is 14.4. The van der Waals surface area contributed by atoms with Crippen LogP contribution in [0, 0.1) is 10.1 Å². The number of benzene rings is 2. The average molecular weight is 465 g/mol. The fourth-order valence-corrected chi connectivity index (χ4v) is 3.48. The number of carbonyl (C=O) groups is 2. The molecule has 28 heavy (non-hydrogen) atoms. The van der Waals surface area contributed by atoms with Crippen molar-refractivity contribution in [1.29, 1.82) is 0 Å². The van der Waals surface area contributed by atoms with Gasteiger partial charge in [-0.15, -0.1) is 0 Å². The maximum atomic E-state index is 11.7. The molecule has 3 rings (SSSR count). The number of hydrogen-bond acceptors (Lipinski definition) is 7. The number of non-ortho nitro benzene ring substituents is 1. The van der Waals surface area contributed by atoms with Crippen LogP contribution in [-0.4, -0.2) is 23.2 Å². The van der Waals surface area contributed by atoms with Crippen LogP contribution in [0.25, 0.3) is 6.08 Å². The van der Waals surface area contributed by atoms with Gasteiger partial charge in [0.25, 0.3) is 16.8 Å². The first-order valence-corrected chi connectivity index (χ1v) is 9.47. The van der Waals surface area contributed by atoms with E-state index in [1.807, 2.05) is 0 Å². The van der Waals surface area contributed by atoms with Crippen LogP contribution >= 0.6 is 27.7 Å². The molecular formula is C18H13BrN2O6S. The summed E-state index contributed by atoms with van der Waals surface area (Å²) in [5.74, 6) is 0.445. The van der Waals surface area contributed by atoms with E-state index in [9.17, 15) is 19.7 Å². The molecule has 8 nitrogen and oxygen atoms in total. The van der Waals surface area contributed by atoms with Gasteiger partial charge < -0.3 is 9.47 Å². The molecule has 10 heteroatoms. The first-order valence-electron chi connectivity index (χ1n) is 7.86. The van der Waals surface area contributed by atoms with Gasteiger partial charge in [0.1, 0.15) is 6.61 Å². The van der Waals surface area contributed by atoms with Crippen molar-refractivity contribution < 1.29 is 24.0 Å². The second-order valence-electron chi connectivity index (χ2n) is 5.59. The molecule has 0 saturated carbocycles. The molecule has 0 aromatic heterocycles. The molecule has 2 aromatic rings. The maximum Gasteiger partial charge on any atom is 0.290 e. The van der Waals surface area contributed by atoms with Gasteiger partial charge in [0.15, 0.2) is 11.5 Å². The molecule has 2 aromatic carbocycles. The fraction of sp³-hybridized carbons (Fsp3) is 0.111. The molecule has 0 unspecified atom stereocenters. The fourth-order valence-electron chi connectivity index (χ4n) is 2.37. The number of nitro benzene ring substituents is 1. The Hall–Kier alpha value is -2.85. The maximum absolute atomic E-state index is 11.7. The van der Waals surface area contributed by atoms with Gasteiger partial charge in [-0.3, -0.25) is 25.0 Å². The number of nitro groups is 1. The number of carbonyl (C=O) groups excluding carboxylic acids is 2. The normalized spacial score (nSPS) is 14.9. The Morgan fingerprint density at radius 1 is 1.21 bits per heavy atom. The Kier molecular flexibility index (Phi) is 6.00. The number of rotatable bonds is 6. The molecule has 1 N–H and O–H groups in total. The Labute approximate surface area is 172 Å². The largest absolute Gasteiger partial charge is 0.493 e. The Morgan fingerprint density at radius 3 is 2.50 bits per heavy atom. The summed E-state index contributed by atoms with van der Waals surface area (Å²) in [5.41, 5.74) is 1.41. The molecular weight excluding hydrogens is 452 g/mol. The molecule has 0 bridgehead atoms. The van der Waals surface area contributed by atoms with Gasteiger partial charge in [-0.05, 0) is 53.2 Å². The predicted molar refractivity (Wildman–Crippen MR) is 107 cm³/mol. The monoisotopic (exact) mass is 464 g/mol. The minimum atomic E-state index is -0.464. The number of halogens is 1. The van der Waals surface area contributed by atoms with E-state index in [0.717, 1.165) is 17.3 Å². The van der Waals surface area contributed by atoms with Crippen LogP contribution in [0.15, 0.2) is 45.8 Å². The van der Waals surface area contributed by atoms with Crippen molar-refractivity contribution in [2.45, 2.75) is 6.61 Å². The topological polar surface area (TPSA) is 108 Å². The summed E-state index contributed by atoms with van der Waals surface area (Å²) < 4.78 is 11.8. The third-order valence-electron chi connectivity index (χ3n) is 3.75. The number of hydrogen-bond donors (Lipinski definition) is 1. The van der Waals surface area contributed by atoms with E-state index >= 15 is 0 Å². The van der Waals surface area contributed by atoms with Gasteiger partial charge in [0.2, 0.25) is 0 Å². The van der Waals surface area contributed by atoms with Crippen LogP contribution in [0.4, 0.5) is 10.5 Å². The van der Waals surface area contributed by atoms with Gasteiger partial charge in [-0.2, -0.15) is 0 Å². The minimum Gasteiger partial charge on any atom is -0.493 e. The SMILES string of the molecule is COc1cc(/C=C2\SC(=O)NC2=O)c(Br)cc1OCc1ccc([N+](=O)[O-])cc1. The highest BCUT2D eigenvalue weighted by Crippen LogP contribution is 2.36. The summed E-state index contributed by atoms with van der Waals surface area (Å²) in [6, 6.07) is 9.42. The average Bonchev–Trinajstić information content (AvgIpc) is 2.99. The molecule has 2 amide bonds. The van der Waals surface area contributed by atoms with Crippen molar-refractivity contribution in [2.75, 3.05) is 7.11 Å². The number of imide groups is 1. The van der Waals surface area contributed by atoms with Crippen LogP contribution < -0.4 is 14.8 Å². The van der Waals surface area contributed by atoms with Gasteiger partial charge >= 0.3 is 0 Å². The first kappa shape index (κ1) is 19.9. The minimum absolute atomic E-state index is 0.00812. The highest BCUT2D eigenvalue weighted by molar-refractivity contribution is 9.10. The Bertz CT molecular complexity index is 990. The van der Waals surface area contributed by atoms with Gasteiger partial charge in [0, 0.05) is 16.6 Å². The smallest absolute Gasteiger partial charge is 0.290 e. The van der Waals surface area contributed by atoms with Crippen LogP contribution in [0.1, 0.15) is 11.1 Å². The lowest BCUT2D eigenvalue weighted by Gasteiger charge is -2.13. The van der Waals surface area contributed by atoms with Crippen molar-refractivity contribution in [3.05, 3.63) is 67.0 Å². The molecule has 1 fully saturated rings. The van der Waals surface area contributed by atoms with Crippen LogP contribution in [0.3, 0.4) is 0 Å². The third kappa shape index (κ3) is 4.52. The van der Waals surface area contributed by atoms with Crippen molar-refractivity contribution in [3.63, 3.8) is 0 Å². The highest BCUT2D eigenvalue weighted by Gasteiger charge is 2.25. The zero-order valence-corrected chi connectivity index (χ0v) is 16.8. The Balaban J connectivity index is 1.79. The van der Waals surface area contributed by atoms with Crippen molar-refractivity contribution in [3.8, 4) is 11.5 Å². The number of nitrogens with one attached hydrogen (secondary N) is 1. The molecule has 0 atom stereocenters. The van der Waals surface area contributed by atoms with Crippen LogP contribution in [-0.2, 0) is 11.4 Å². The summed E-state index contributed by atoms with van der Waals surface area (Å²) in [5, 5.41) is 12.5. The van der Waals surface area contributed by atoms with Crippen LogP contribution in [0.5, 0.6) is 11.5 Å². The summed E-state index contributed by atoms with van der Waals surface area (Å²) in [4.78, 5) is 33.5. The molecule has 1 aliphatic rings. The van der Waals surface area contributed by atoms with Crippen LogP contribution in [0.2, 0.25) is 0 Å². The van der Waals surface area contributed by atoms with Gasteiger partial charge in [0.05, 0.1) is 16.9 Å². The van der Waals surface area contributed by atoms with Crippen molar-refractivity contribution in [1.82, 2.24) is 5.32 Å². The van der Waals surface area contributed by atoms with Gasteiger partial charge in [-0.1, -0.05) is 15.9 Å². The molecule has 0 aliphatic carbocycles. The van der Waals surface area contributed by atoms with Crippen molar-refractivity contribution >= 4 is 50.6 Å². The summed E-state index contributed by atoms with van der Waals surface area (Å²) in [7, 11) is 1.49. The van der Waals surface area contributed by atoms with E-state index in [2.05, 4.69) is 21.2 Å². The molecule has 1 saturated heterocycles. The second kappa shape index (κ2) is 8.44. The molecule has 1 heterocycles. The summed E-state index contributed by atoms with van der Waals surface area (Å²) >= 11 is 4.25. The van der Waals surface area contributed by atoms with E-state index in [-0.39, 0.29) is 17.2 Å². The lowest BCUT2D eigenvalue weighted by Crippen LogP contribution is -2.17. The number of methoxy groups -OCH3 is 1. The summed E-state index contributed by atoms with van der Waals surface area (Å²) in [6.45, 7) is 0.188. The number of ether oxygens (including phenoxy) is 2. The quantitative estimate of drug-likeness (QED) is 0.386. The molecule has 0 spiro atoms. The number of nitrogens with zero attached hydrogens (tertiary/aromatic N) is 1. The van der Waals surface area contributed by atoms with Crippen molar-refractivity contribution in [2.24, 2.45) is 0 Å². The van der Waals surface area contributed by atoms with Gasteiger partial charge in [-0.25, -0.2) is 0 Å². The van der Waals surface area contributed by atoms with E-state index in [4.69, 9.17) is 9.47 Å². The zero-order chi connectivity index (χ0) is 20.3. The molecule has 144 valence electrons. The standard InChI is InChI=1S/C18H13BrN2O6S/c1-26-14-6-11(7-16-17(22)20-18(23)28-16)13(19)8-15(14)27-9-10-2-4-12(5-3-10)21(24)25/h2-8H,9H2,1H3,(H,20,22,23)/b16-7-. The number of amides is 2. The van der Waals surface area contributed by atoms with E-state index < -0.39 is 16.1 Å². The highest BCUT2D eigenvalue weighted by atomic mass is 79.9. The Morgan fingerprint density at radius 2 is 1.93 bits per heavy atom. The predicted octanol–water partition coefficient (Wildman–Crippen LogP) is 4.27. The third-order valence-corrected chi connectivity index (χ3v) is 5.25. The lowest BCUT2D eigenvalue weighted by atomic mass is 10.1. The first-order chi connectivity index (χ1) is 13.4. The van der Waals surface area contributed by atoms with E-state index in [0.29, 0.717) is 21.5 Å². The number of thioether (sulfide) groups is 1. The summed E-state index contributed by atoms with van der Waals surface area (Å²) in [6.07, 6.45) is 1.58. The second-order valence-corrected chi connectivity index (χ2v) is 7.46.